The van der Waals surface area contributed by atoms with Crippen molar-refractivity contribution in [3.05, 3.63) is 115 Å². The molecule has 0 aliphatic carbocycles. The van der Waals surface area contributed by atoms with Crippen molar-refractivity contribution in [2.75, 3.05) is 0 Å². The zero-order valence-corrected chi connectivity index (χ0v) is 26.2. The second kappa shape index (κ2) is 11.7. The summed E-state index contributed by atoms with van der Waals surface area (Å²) in [6, 6.07) is 23.6. The fourth-order valence-electron chi connectivity index (χ4n) is 4.61. The number of phenolic OH excluding ortho intramolecular Hbond substituents is 3. The minimum absolute atomic E-state index is 0.0105. The highest BCUT2D eigenvalue weighted by atomic mass is 32.2. The Morgan fingerprint density at radius 2 is 0.830 bits per heavy atom. The lowest BCUT2D eigenvalue weighted by Crippen LogP contribution is -2.14. The number of fused-ring (bicyclic) bond motifs is 2. The number of aromatic hydroxyl groups is 3. The van der Waals surface area contributed by atoms with Crippen LogP contribution in [0, 0.1) is 0 Å². The molecule has 0 aliphatic heterocycles. The SMILES string of the molecule is O=S(=O)(Oc1ccc2c(OS(=O)(=O)c3ccc(O)cc3)c3ccccc3cc2c1OS(=O)(=O)c1ccc(O)cc1)c1ccc(O)cc1. The molecule has 240 valence electrons. The van der Waals surface area contributed by atoms with Crippen LogP contribution in [0.3, 0.4) is 0 Å². The molecule has 12 nitrogen and oxygen atoms in total. The van der Waals surface area contributed by atoms with E-state index in [1.54, 1.807) is 24.3 Å². The van der Waals surface area contributed by atoms with Gasteiger partial charge in [-0.3, -0.25) is 0 Å². The van der Waals surface area contributed by atoms with Crippen molar-refractivity contribution in [2.24, 2.45) is 0 Å². The van der Waals surface area contributed by atoms with E-state index in [0.717, 1.165) is 78.9 Å². The van der Waals surface area contributed by atoms with Crippen molar-refractivity contribution in [1.29, 1.82) is 0 Å². The average molecular weight is 695 g/mol. The monoisotopic (exact) mass is 694 g/mol. The predicted molar refractivity (Wildman–Crippen MR) is 169 cm³/mol. The van der Waals surface area contributed by atoms with Crippen molar-refractivity contribution in [2.45, 2.75) is 14.7 Å². The fraction of sp³-hybridized carbons (Fsp3) is 0. The van der Waals surface area contributed by atoms with Crippen molar-refractivity contribution in [3.63, 3.8) is 0 Å². The van der Waals surface area contributed by atoms with Gasteiger partial charge in [-0.15, -0.1) is 0 Å². The maximum Gasteiger partial charge on any atom is 0.339 e. The molecular weight excluding hydrogens is 673 g/mol. The molecule has 0 bridgehead atoms. The molecule has 0 atom stereocenters. The minimum Gasteiger partial charge on any atom is -0.508 e. The summed E-state index contributed by atoms with van der Waals surface area (Å²) in [4.78, 5) is -1.06. The van der Waals surface area contributed by atoms with E-state index in [9.17, 15) is 40.6 Å². The summed E-state index contributed by atoms with van der Waals surface area (Å²) in [5.41, 5.74) is 0. The number of benzene rings is 6. The van der Waals surface area contributed by atoms with E-state index >= 15 is 0 Å². The third kappa shape index (κ3) is 6.31. The van der Waals surface area contributed by atoms with Gasteiger partial charge in [-0.2, -0.15) is 25.3 Å². The van der Waals surface area contributed by atoms with E-state index in [1.807, 2.05) is 0 Å². The van der Waals surface area contributed by atoms with Gasteiger partial charge in [-0.05, 0) is 96.4 Å². The lowest BCUT2D eigenvalue weighted by atomic mass is 10.0. The molecule has 3 N–H and O–H groups in total. The molecule has 0 aromatic heterocycles. The summed E-state index contributed by atoms with van der Waals surface area (Å²) in [6.45, 7) is 0. The van der Waals surface area contributed by atoms with Gasteiger partial charge in [-0.1, -0.05) is 24.3 Å². The van der Waals surface area contributed by atoms with Crippen molar-refractivity contribution in [3.8, 4) is 34.5 Å². The number of hydrogen-bond acceptors (Lipinski definition) is 12. The first-order valence-electron chi connectivity index (χ1n) is 13.4. The quantitative estimate of drug-likeness (QED) is 0.129. The van der Waals surface area contributed by atoms with Crippen LogP contribution in [0.5, 0.6) is 34.5 Å². The molecule has 6 rings (SSSR count). The fourth-order valence-corrected chi connectivity index (χ4v) is 7.47. The smallest absolute Gasteiger partial charge is 0.339 e. The highest BCUT2D eigenvalue weighted by Gasteiger charge is 2.28. The largest absolute Gasteiger partial charge is 0.508 e. The van der Waals surface area contributed by atoms with Gasteiger partial charge in [-0.25, -0.2) is 0 Å². The third-order valence-electron chi connectivity index (χ3n) is 6.87. The Kier molecular flexibility index (Phi) is 7.83. The van der Waals surface area contributed by atoms with Crippen LogP contribution in [0.1, 0.15) is 0 Å². The van der Waals surface area contributed by atoms with Crippen molar-refractivity contribution in [1.82, 2.24) is 0 Å². The Hall–Kier alpha value is -5.51. The summed E-state index contributed by atoms with van der Waals surface area (Å²) >= 11 is 0. The molecular formula is C32H22O12S3. The van der Waals surface area contributed by atoms with Crippen molar-refractivity contribution >= 4 is 51.9 Å². The molecule has 0 radical (unpaired) electrons. The van der Waals surface area contributed by atoms with Gasteiger partial charge in [0.25, 0.3) is 0 Å². The average Bonchev–Trinajstić information content (AvgIpc) is 3.02. The molecule has 0 aliphatic rings. The van der Waals surface area contributed by atoms with E-state index in [4.69, 9.17) is 12.5 Å². The van der Waals surface area contributed by atoms with Crippen LogP contribution in [0.2, 0.25) is 0 Å². The maximum absolute atomic E-state index is 13.5. The van der Waals surface area contributed by atoms with Crippen LogP contribution in [0.25, 0.3) is 21.5 Å². The molecule has 0 heterocycles. The van der Waals surface area contributed by atoms with Gasteiger partial charge in [0.15, 0.2) is 17.2 Å². The number of rotatable bonds is 9. The van der Waals surface area contributed by atoms with E-state index < -0.39 is 46.7 Å². The van der Waals surface area contributed by atoms with E-state index in [-0.39, 0.29) is 43.6 Å². The molecule has 0 spiro atoms. The molecule has 15 heteroatoms. The molecule has 47 heavy (non-hydrogen) atoms. The Morgan fingerprint density at radius 3 is 1.32 bits per heavy atom. The summed E-state index contributed by atoms with van der Waals surface area (Å²) < 4.78 is 96.8. The van der Waals surface area contributed by atoms with Crippen LogP contribution in [0.15, 0.2) is 130 Å². The van der Waals surface area contributed by atoms with E-state index in [0.29, 0.717) is 10.8 Å². The topological polar surface area (TPSA) is 191 Å². The van der Waals surface area contributed by atoms with Crippen LogP contribution in [-0.2, 0) is 30.4 Å². The highest BCUT2D eigenvalue weighted by Crippen LogP contribution is 2.46. The first-order valence-corrected chi connectivity index (χ1v) is 17.6. The normalized spacial score (nSPS) is 12.2. The van der Waals surface area contributed by atoms with Gasteiger partial charge in [0.2, 0.25) is 0 Å². The van der Waals surface area contributed by atoms with Crippen LogP contribution in [-0.4, -0.2) is 40.6 Å². The van der Waals surface area contributed by atoms with Crippen molar-refractivity contribution < 1.29 is 53.1 Å². The Balaban J connectivity index is 1.59. The summed E-state index contributed by atoms with van der Waals surface area (Å²) in [5.74, 6) is -2.02. The lowest BCUT2D eigenvalue weighted by molar-refractivity contribution is 0.450. The molecule has 0 saturated heterocycles. The maximum atomic E-state index is 13.5. The Labute approximate surface area is 268 Å². The van der Waals surface area contributed by atoms with Crippen LogP contribution < -0.4 is 12.5 Å². The highest BCUT2D eigenvalue weighted by molar-refractivity contribution is 7.87. The molecule has 6 aromatic carbocycles. The first kappa shape index (κ1) is 31.5. The predicted octanol–water partition coefficient (Wildman–Crippen LogP) is 5.41. The van der Waals surface area contributed by atoms with Gasteiger partial charge < -0.3 is 27.9 Å². The van der Waals surface area contributed by atoms with Gasteiger partial charge in [0.1, 0.15) is 31.9 Å². The Morgan fingerprint density at radius 1 is 0.404 bits per heavy atom. The zero-order valence-electron chi connectivity index (χ0n) is 23.7. The van der Waals surface area contributed by atoms with Gasteiger partial charge >= 0.3 is 30.4 Å². The molecule has 0 unspecified atom stereocenters. The first-order chi connectivity index (χ1) is 22.2. The minimum atomic E-state index is -4.72. The summed E-state index contributed by atoms with van der Waals surface area (Å²) in [7, 11) is -13.9. The van der Waals surface area contributed by atoms with Gasteiger partial charge in [0, 0.05) is 16.2 Å². The zero-order chi connectivity index (χ0) is 33.6. The second-order valence-electron chi connectivity index (χ2n) is 10.0. The molecule has 0 saturated carbocycles. The second-order valence-corrected chi connectivity index (χ2v) is 14.6. The molecule has 0 fully saturated rings. The molecule has 0 amide bonds. The molecule has 6 aromatic rings. The number of hydrogen-bond donors (Lipinski definition) is 3. The van der Waals surface area contributed by atoms with Crippen LogP contribution in [0.4, 0.5) is 0 Å². The standard InChI is InChI=1S/C32H22O12S3/c33-21-5-11-24(12-6-21)45(36,37)42-30-18-17-28-29(32(30)44-47(40,41)26-15-9-23(35)10-16-26)19-20-3-1-2-4-27(20)31(28)43-46(38,39)25-13-7-22(34)8-14-25/h1-19,33-35H. The van der Waals surface area contributed by atoms with Crippen LogP contribution >= 0.6 is 0 Å². The lowest BCUT2D eigenvalue weighted by Gasteiger charge is -2.18. The summed E-state index contributed by atoms with van der Waals surface area (Å²) in [6.07, 6.45) is 0. The summed E-state index contributed by atoms with van der Waals surface area (Å²) in [5, 5.41) is 29.5. The third-order valence-corrected chi connectivity index (χ3v) is 10.6. The van der Waals surface area contributed by atoms with Gasteiger partial charge in [0.05, 0.1) is 0 Å². The van der Waals surface area contributed by atoms with E-state index in [2.05, 4.69) is 0 Å². The number of phenols is 3. The van der Waals surface area contributed by atoms with E-state index in [1.165, 1.54) is 12.1 Å². The Bertz CT molecular complexity index is 2480.